The Balaban J connectivity index is 1.66. The van der Waals surface area contributed by atoms with Crippen LogP contribution >= 0.6 is 0 Å². The van der Waals surface area contributed by atoms with Crippen molar-refractivity contribution in [1.82, 2.24) is 20.9 Å². The minimum Gasteiger partial charge on any atom is -0.381 e. The Hall–Kier alpha value is -2.26. The second-order valence-corrected chi connectivity index (χ2v) is 6.07. The lowest BCUT2D eigenvalue weighted by Crippen LogP contribution is -2.70. The van der Waals surface area contributed by atoms with E-state index >= 15 is 0 Å². The van der Waals surface area contributed by atoms with Gasteiger partial charge in [-0.15, -0.1) is 0 Å². The fourth-order valence-corrected chi connectivity index (χ4v) is 3.13. The minimum absolute atomic E-state index is 0.155. The summed E-state index contributed by atoms with van der Waals surface area (Å²) >= 11 is 0. The van der Waals surface area contributed by atoms with E-state index in [9.17, 15) is 18.4 Å². The lowest BCUT2D eigenvalue weighted by molar-refractivity contribution is 0.0492. The number of imide groups is 1. The lowest BCUT2D eigenvalue weighted by atomic mass is 10.1. The highest BCUT2D eigenvalue weighted by Gasteiger charge is 2.37. The summed E-state index contributed by atoms with van der Waals surface area (Å²) in [6.45, 7) is 2.53. The van der Waals surface area contributed by atoms with Crippen LogP contribution in [0, 0.1) is 11.6 Å². The third kappa shape index (κ3) is 3.72. The van der Waals surface area contributed by atoms with E-state index < -0.39 is 36.0 Å². The van der Waals surface area contributed by atoms with Crippen LogP contribution in [0.25, 0.3) is 0 Å². The molecule has 0 spiro atoms. The third-order valence-electron chi connectivity index (χ3n) is 4.38. The van der Waals surface area contributed by atoms with Crippen LogP contribution in [-0.4, -0.2) is 42.5 Å². The molecule has 1 aromatic carbocycles. The highest BCUT2D eigenvalue weighted by atomic mass is 19.1. The molecule has 2 aliphatic rings. The minimum atomic E-state index is -0.926. The zero-order chi connectivity index (χ0) is 18.0. The molecule has 0 saturated carbocycles. The molecule has 2 fully saturated rings. The average molecular weight is 354 g/mol. The summed E-state index contributed by atoms with van der Waals surface area (Å²) in [6, 6.07) is 1.50. The van der Waals surface area contributed by atoms with Crippen molar-refractivity contribution in [3.8, 4) is 0 Å². The molecule has 0 aromatic heterocycles. The van der Waals surface area contributed by atoms with Crippen molar-refractivity contribution in [2.45, 2.75) is 38.1 Å². The molecule has 7 nitrogen and oxygen atoms in total. The summed E-state index contributed by atoms with van der Waals surface area (Å²) in [7, 11) is 0. The van der Waals surface area contributed by atoms with Crippen molar-refractivity contribution in [3.05, 3.63) is 35.4 Å². The van der Waals surface area contributed by atoms with Gasteiger partial charge in [0.15, 0.2) is 6.29 Å². The molecule has 1 aromatic rings. The fourth-order valence-electron chi connectivity index (χ4n) is 3.13. The van der Waals surface area contributed by atoms with Crippen molar-refractivity contribution in [2.24, 2.45) is 0 Å². The fraction of sp³-hybridized carbons (Fsp3) is 0.500. The summed E-state index contributed by atoms with van der Waals surface area (Å²) in [5.41, 5.74) is -0.155. The predicted octanol–water partition coefficient (Wildman–Crippen LogP) is 1.81. The van der Waals surface area contributed by atoms with Gasteiger partial charge in [0.1, 0.15) is 11.6 Å². The Labute approximate surface area is 143 Å². The van der Waals surface area contributed by atoms with Crippen LogP contribution in [0.15, 0.2) is 18.2 Å². The number of hydrogen-bond acceptors (Lipinski definition) is 4. The van der Waals surface area contributed by atoms with E-state index in [2.05, 4.69) is 16.0 Å². The normalized spacial score (nSPS) is 21.0. The molecular weight excluding hydrogens is 334 g/mol. The molecule has 0 radical (unpaired) electrons. The molecule has 25 heavy (non-hydrogen) atoms. The van der Waals surface area contributed by atoms with Gasteiger partial charge in [0, 0.05) is 30.9 Å². The number of hydrogen-bond donors (Lipinski definition) is 3. The SMILES string of the molecule is C[C@H](NC1NC(=O)N(C2CCOCC2)C(=O)N1)c1c(F)cccc1F. The number of halogens is 2. The molecule has 2 saturated heterocycles. The van der Waals surface area contributed by atoms with Crippen molar-refractivity contribution >= 4 is 12.1 Å². The molecule has 2 aliphatic heterocycles. The molecule has 3 rings (SSSR count). The highest BCUT2D eigenvalue weighted by molar-refractivity contribution is 5.96. The largest absolute Gasteiger partial charge is 0.381 e. The van der Waals surface area contributed by atoms with E-state index in [1.54, 1.807) is 6.92 Å². The standard InChI is InChI=1S/C16H20F2N4O3/c1-9(13-11(17)3-2-4-12(13)18)19-14-20-15(23)22(16(24)21-14)10-5-7-25-8-6-10/h2-4,9-10,14,19H,5-8H2,1H3,(H,20,23)(H,21,24)/t9-/m0/s1. The molecule has 0 aliphatic carbocycles. The molecule has 9 heteroatoms. The summed E-state index contributed by atoms with van der Waals surface area (Å²) in [6.07, 6.45) is 0.232. The first kappa shape index (κ1) is 17.6. The molecule has 2 heterocycles. The van der Waals surface area contributed by atoms with Crippen LogP contribution < -0.4 is 16.0 Å². The van der Waals surface area contributed by atoms with Gasteiger partial charge in [0.25, 0.3) is 0 Å². The Kier molecular flexibility index (Phi) is 5.14. The van der Waals surface area contributed by atoms with Gasteiger partial charge in [0.2, 0.25) is 0 Å². The molecule has 0 bridgehead atoms. The number of nitrogens with zero attached hydrogens (tertiary/aromatic N) is 1. The van der Waals surface area contributed by atoms with Gasteiger partial charge >= 0.3 is 12.1 Å². The number of rotatable bonds is 4. The van der Waals surface area contributed by atoms with E-state index in [0.29, 0.717) is 26.1 Å². The number of amides is 4. The monoisotopic (exact) mass is 354 g/mol. The first-order valence-corrected chi connectivity index (χ1v) is 8.15. The average Bonchev–Trinajstić information content (AvgIpc) is 2.55. The van der Waals surface area contributed by atoms with Crippen LogP contribution in [-0.2, 0) is 4.74 Å². The van der Waals surface area contributed by atoms with Gasteiger partial charge in [-0.2, -0.15) is 0 Å². The molecule has 1 atom stereocenters. The van der Waals surface area contributed by atoms with Gasteiger partial charge in [-0.3, -0.25) is 5.32 Å². The quantitative estimate of drug-likeness (QED) is 0.770. The molecule has 0 unspecified atom stereocenters. The number of urea groups is 2. The van der Waals surface area contributed by atoms with E-state index in [-0.39, 0.29) is 11.6 Å². The van der Waals surface area contributed by atoms with Crippen LogP contribution in [0.1, 0.15) is 31.4 Å². The van der Waals surface area contributed by atoms with Gasteiger partial charge in [-0.1, -0.05) is 6.07 Å². The number of carbonyl (C=O) groups is 2. The molecular formula is C16H20F2N4O3. The zero-order valence-corrected chi connectivity index (χ0v) is 13.7. The van der Waals surface area contributed by atoms with Crippen LogP contribution in [0.4, 0.5) is 18.4 Å². The first-order chi connectivity index (χ1) is 12.0. The smallest absolute Gasteiger partial charge is 0.328 e. The van der Waals surface area contributed by atoms with Crippen molar-refractivity contribution in [2.75, 3.05) is 13.2 Å². The maximum atomic E-state index is 13.8. The maximum absolute atomic E-state index is 13.8. The number of ether oxygens (including phenoxy) is 1. The van der Waals surface area contributed by atoms with Gasteiger partial charge < -0.3 is 15.4 Å². The summed E-state index contributed by atoms with van der Waals surface area (Å²) in [5.74, 6) is -1.39. The molecule has 3 N–H and O–H groups in total. The Morgan fingerprint density at radius 1 is 1.16 bits per heavy atom. The summed E-state index contributed by atoms with van der Waals surface area (Å²) in [4.78, 5) is 25.7. The molecule has 136 valence electrons. The summed E-state index contributed by atoms with van der Waals surface area (Å²) in [5, 5.41) is 7.99. The topological polar surface area (TPSA) is 82.7 Å². The van der Waals surface area contributed by atoms with Gasteiger partial charge in [-0.25, -0.2) is 23.3 Å². The second-order valence-electron chi connectivity index (χ2n) is 6.07. The van der Waals surface area contributed by atoms with Crippen molar-refractivity contribution < 1.29 is 23.1 Å². The van der Waals surface area contributed by atoms with Gasteiger partial charge in [0.05, 0.1) is 0 Å². The Morgan fingerprint density at radius 3 is 2.28 bits per heavy atom. The Bertz CT molecular complexity index is 629. The number of benzene rings is 1. The molecule has 4 amide bonds. The Morgan fingerprint density at radius 2 is 1.72 bits per heavy atom. The first-order valence-electron chi connectivity index (χ1n) is 8.15. The van der Waals surface area contributed by atoms with Crippen molar-refractivity contribution in [3.63, 3.8) is 0 Å². The van der Waals surface area contributed by atoms with E-state index in [4.69, 9.17) is 4.74 Å². The maximum Gasteiger partial charge on any atom is 0.328 e. The number of carbonyl (C=O) groups excluding carboxylic acids is 2. The van der Waals surface area contributed by atoms with E-state index in [1.165, 1.54) is 6.07 Å². The summed E-state index contributed by atoms with van der Waals surface area (Å²) < 4.78 is 32.9. The van der Waals surface area contributed by atoms with Crippen LogP contribution in [0.3, 0.4) is 0 Å². The van der Waals surface area contributed by atoms with Gasteiger partial charge in [-0.05, 0) is 31.9 Å². The number of nitrogens with one attached hydrogen (secondary N) is 3. The van der Waals surface area contributed by atoms with Crippen LogP contribution in [0.5, 0.6) is 0 Å². The second kappa shape index (κ2) is 7.32. The lowest BCUT2D eigenvalue weighted by Gasteiger charge is -2.39. The third-order valence-corrected chi connectivity index (χ3v) is 4.38. The van der Waals surface area contributed by atoms with E-state index in [0.717, 1.165) is 17.0 Å². The van der Waals surface area contributed by atoms with E-state index in [1.807, 2.05) is 0 Å². The van der Waals surface area contributed by atoms with Crippen LogP contribution in [0.2, 0.25) is 0 Å². The van der Waals surface area contributed by atoms with Crippen molar-refractivity contribution in [1.29, 1.82) is 0 Å². The predicted molar refractivity (Wildman–Crippen MR) is 84.4 cm³/mol. The zero-order valence-electron chi connectivity index (χ0n) is 13.7. The highest BCUT2D eigenvalue weighted by Crippen LogP contribution is 2.21.